The molecule has 0 aromatic carbocycles. The summed E-state index contributed by atoms with van der Waals surface area (Å²) in [5.74, 6) is 1.09. The molecule has 0 aromatic rings. The molecule has 0 aromatic heterocycles. The first-order chi connectivity index (χ1) is 5.60. The van der Waals surface area contributed by atoms with E-state index in [1.807, 2.05) is 7.05 Å². The van der Waals surface area contributed by atoms with Crippen LogP contribution in [0.5, 0.6) is 0 Å². The van der Waals surface area contributed by atoms with Crippen LogP contribution in [0.1, 0.15) is 20.8 Å². The normalized spacial score (nSPS) is 14.6. The summed E-state index contributed by atoms with van der Waals surface area (Å²) in [6, 6.07) is 0. The largest absolute Gasteiger partial charge is 0.309 e. The smallest absolute Gasteiger partial charge is 0.299 e. The van der Waals surface area contributed by atoms with E-state index < -0.39 is 0 Å². The van der Waals surface area contributed by atoms with E-state index in [0.29, 0.717) is 0 Å². The molecule has 3 heteroatoms. The Hall–Kier alpha value is -0.570. The summed E-state index contributed by atoms with van der Waals surface area (Å²) in [6.45, 7) is 6.56. The maximum absolute atomic E-state index is 4.34. The molecule has 0 amide bonds. The van der Waals surface area contributed by atoms with Gasteiger partial charge in [-0.15, -0.1) is 0 Å². The molecule has 0 aliphatic carbocycles. The van der Waals surface area contributed by atoms with Crippen molar-refractivity contribution in [1.29, 1.82) is 0 Å². The highest BCUT2D eigenvalue weighted by Gasteiger charge is 2.29. The zero-order valence-corrected chi connectivity index (χ0v) is 10.3. The second-order valence-electron chi connectivity index (χ2n) is 5.27. The van der Waals surface area contributed by atoms with Gasteiger partial charge in [0.25, 0.3) is 5.96 Å². The molecule has 3 nitrogen and oxygen atoms in total. The number of quaternary nitrogens is 1. The van der Waals surface area contributed by atoms with Crippen LogP contribution in [-0.4, -0.2) is 56.1 Å². The van der Waals surface area contributed by atoms with Gasteiger partial charge in [-0.25, -0.2) is 4.99 Å². The van der Waals surface area contributed by atoms with E-state index in [9.17, 15) is 0 Å². The maximum Gasteiger partial charge on any atom is 0.299 e. The van der Waals surface area contributed by atoms with Gasteiger partial charge in [-0.3, -0.25) is 4.48 Å². The van der Waals surface area contributed by atoms with Crippen molar-refractivity contribution in [3.63, 3.8) is 0 Å². The van der Waals surface area contributed by atoms with Crippen molar-refractivity contribution in [3.8, 4) is 0 Å². The second-order valence-corrected chi connectivity index (χ2v) is 5.27. The minimum absolute atomic E-state index is 0.125. The van der Waals surface area contributed by atoms with E-state index in [1.54, 1.807) is 0 Å². The summed E-state index contributed by atoms with van der Waals surface area (Å²) in [4.78, 5) is 6.56. The van der Waals surface area contributed by atoms with E-state index in [-0.39, 0.29) is 5.54 Å². The molecule has 0 rings (SSSR count). The first-order valence-electron chi connectivity index (χ1n) is 4.63. The molecule has 13 heavy (non-hydrogen) atoms. The van der Waals surface area contributed by atoms with E-state index >= 15 is 0 Å². The molecule has 0 radical (unpaired) electrons. The van der Waals surface area contributed by atoms with Crippen LogP contribution in [0.15, 0.2) is 4.99 Å². The Morgan fingerprint density at radius 1 is 1.15 bits per heavy atom. The summed E-state index contributed by atoms with van der Waals surface area (Å²) < 4.78 is 0.754. The molecule has 0 aliphatic rings. The van der Waals surface area contributed by atoms with E-state index in [4.69, 9.17) is 0 Å². The number of hydrogen-bond donors (Lipinski definition) is 0. The summed E-state index contributed by atoms with van der Waals surface area (Å²) >= 11 is 0. The summed E-state index contributed by atoms with van der Waals surface area (Å²) in [5, 5.41) is 0. The summed E-state index contributed by atoms with van der Waals surface area (Å²) in [6.07, 6.45) is 0. The molecule has 0 atom stereocenters. The Morgan fingerprint density at radius 3 is 1.62 bits per heavy atom. The van der Waals surface area contributed by atoms with Gasteiger partial charge in [0.2, 0.25) is 0 Å². The molecule has 0 heterocycles. The molecule has 0 unspecified atom stereocenters. The van der Waals surface area contributed by atoms with Gasteiger partial charge in [0, 0.05) is 19.6 Å². The first-order valence-corrected chi connectivity index (χ1v) is 4.63. The molecule has 0 saturated heterocycles. The Labute approximate surface area is 82.6 Å². The van der Waals surface area contributed by atoms with Gasteiger partial charge in [-0.2, -0.15) is 0 Å². The third-order valence-electron chi connectivity index (χ3n) is 2.11. The van der Waals surface area contributed by atoms with Crippen LogP contribution in [-0.2, 0) is 0 Å². The SMILES string of the molecule is CN=C(N(C)C(C)(C)C)[N+](C)(C)C. The quantitative estimate of drug-likeness (QED) is 0.317. The molecular weight excluding hydrogens is 162 g/mol. The molecule has 0 spiro atoms. The number of guanidine groups is 1. The van der Waals surface area contributed by atoms with Crippen molar-refractivity contribution in [2.24, 2.45) is 4.99 Å². The van der Waals surface area contributed by atoms with Crippen molar-refractivity contribution < 1.29 is 4.48 Å². The third-order valence-corrected chi connectivity index (χ3v) is 2.11. The zero-order chi connectivity index (χ0) is 10.9. The van der Waals surface area contributed by atoms with Crippen LogP contribution in [0, 0.1) is 0 Å². The summed E-state index contributed by atoms with van der Waals surface area (Å²) in [5.41, 5.74) is 0.125. The number of nitrogens with zero attached hydrogens (tertiary/aromatic N) is 3. The van der Waals surface area contributed by atoms with Crippen LogP contribution >= 0.6 is 0 Å². The molecule has 0 bridgehead atoms. The topological polar surface area (TPSA) is 15.6 Å². The minimum atomic E-state index is 0.125. The van der Waals surface area contributed by atoms with Crippen LogP contribution < -0.4 is 0 Å². The van der Waals surface area contributed by atoms with Crippen molar-refractivity contribution in [1.82, 2.24) is 4.90 Å². The number of aliphatic imine (C=N–C) groups is 1. The van der Waals surface area contributed by atoms with Gasteiger partial charge in [-0.1, -0.05) is 0 Å². The maximum atomic E-state index is 4.34. The highest BCUT2D eigenvalue weighted by molar-refractivity contribution is 5.73. The lowest BCUT2D eigenvalue weighted by atomic mass is 10.1. The highest BCUT2D eigenvalue weighted by atomic mass is 15.5. The Balaban J connectivity index is 4.84. The predicted octanol–water partition coefficient (Wildman–Crippen LogP) is 1.41. The van der Waals surface area contributed by atoms with Crippen LogP contribution in [0.4, 0.5) is 0 Å². The van der Waals surface area contributed by atoms with Gasteiger partial charge < -0.3 is 4.90 Å². The molecule has 78 valence electrons. The van der Waals surface area contributed by atoms with Crippen LogP contribution in [0.25, 0.3) is 0 Å². The fourth-order valence-electron chi connectivity index (χ4n) is 1.20. The standard InChI is InChI=1S/C10H24N3/c1-10(2,3)12(5)9(11-4)13(6,7)8/h1-8H3/q+1. The number of rotatable bonds is 0. The van der Waals surface area contributed by atoms with Crippen molar-refractivity contribution in [2.45, 2.75) is 26.3 Å². The van der Waals surface area contributed by atoms with Crippen molar-refractivity contribution >= 4 is 5.96 Å². The van der Waals surface area contributed by atoms with E-state index in [0.717, 1.165) is 10.4 Å². The fraction of sp³-hybridized carbons (Fsp3) is 0.900. The lowest BCUT2D eigenvalue weighted by molar-refractivity contribution is -0.783. The van der Waals surface area contributed by atoms with Crippen LogP contribution in [0.3, 0.4) is 0 Å². The average Bonchev–Trinajstić information content (AvgIpc) is 1.83. The lowest BCUT2D eigenvalue weighted by Crippen LogP contribution is -2.55. The molecular formula is C10H24N3+. The van der Waals surface area contributed by atoms with Gasteiger partial charge in [0.1, 0.15) is 0 Å². The Bertz CT molecular complexity index is 193. The Kier molecular flexibility index (Phi) is 3.50. The predicted molar refractivity (Wildman–Crippen MR) is 58.9 cm³/mol. The Morgan fingerprint density at radius 2 is 1.54 bits per heavy atom. The lowest BCUT2D eigenvalue weighted by Gasteiger charge is -2.38. The first kappa shape index (κ1) is 12.4. The monoisotopic (exact) mass is 186 g/mol. The highest BCUT2D eigenvalue weighted by Crippen LogP contribution is 2.14. The van der Waals surface area contributed by atoms with Crippen molar-refractivity contribution in [2.75, 3.05) is 35.2 Å². The van der Waals surface area contributed by atoms with Gasteiger partial charge in [0.05, 0.1) is 21.1 Å². The summed E-state index contributed by atoms with van der Waals surface area (Å²) in [7, 11) is 10.3. The fourth-order valence-corrected chi connectivity index (χ4v) is 1.20. The number of hydrogen-bond acceptors (Lipinski definition) is 1. The van der Waals surface area contributed by atoms with Crippen molar-refractivity contribution in [3.05, 3.63) is 0 Å². The molecule has 0 saturated carbocycles. The third kappa shape index (κ3) is 3.35. The second kappa shape index (κ2) is 3.66. The zero-order valence-electron chi connectivity index (χ0n) is 10.3. The van der Waals surface area contributed by atoms with Gasteiger partial charge in [-0.05, 0) is 20.8 Å². The van der Waals surface area contributed by atoms with Gasteiger partial charge in [0.15, 0.2) is 0 Å². The molecule has 0 fully saturated rings. The average molecular weight is 186 g/mol. The molecule has 0 N–H and O–H groups in total. The molecule has 0 aliphatic heterocycles. The van der Waals surface area contributed by atoms with E-state index in [2.05, 4.69) is 58.9 Å². The van der Waals surface area contributed by atoms with E-state index in [1.165, 1.54) is 0 Å². The van der Waals surface area contributed by atoms with Gasteiger partial charge >= 0.3 is 0 Å². The van der Waals surface area contributed by atoms with Crippen LogP contribution in [0.2, 0.25) is 0 Å². The minimum Gasteiger partial charge on any atom is -0.309 e.